The van der Waals surface area contributed by atoms with Crippen molar-refractivity contribution in [2.75, 3.05) is 13.1 Å². The first-order valence-electron chi connectivity index (χ1n) is 6.57. The van der Waals surface area contributed by atoms with E-state index in [0.29, 0.717) is 12.1 Å². The van der Waals surface area contributed by atoms with Crippen molar-refractivity contribution in [2.24, 2.45) is 0 Å². The average molecular weight is 223 g/mol. The van der Waals surface area contributed by atoms with Crippen LogP contribution in [0.25, 0.3) is 0 Å². The molecular weight excluding hydrogens is 198 g/mol. The topological polar surface area (TPSA) is 39.1 Å². The van der Waals surface area contributed by atoms with Crippen LogP contribution < -0.4 is 5.32 Å². The molecule has 1 aliphatic rings. The molecule has 92 valence electrons. The van der Waals surface area contributed by atoms with Gasteiger partial charge in [-0.05, 0) is 39.7 Å². The second-order valence-electron chi connectivity index (χ2n) is 4.99. The van der Waals surface area contributed by atoms with Gasteiger partial charge in [0, 0.05) is 18.6 Å². The van der Waals surface area contributed by atoms with Gasteiger partial charge in [0.25, 0.3) is 0 Å². The molecule has 1 aliphatic heterocycles. The highest BCUT2D eigenvalue weighted by Crippen LogP contribution is 2.14. The van der Waals surface area contributed by atoms with Crippen molar-refractivity contribution in [2.45, 2.75) is 64.6 Å². The molecule has 16 heavy (non-hydrogen) atoms. The van der Waals surface area contributed by atoms with Crippen LogP contribution in [0.4, 0.5) is 0 Å². The van der Waals surface area contributed by atoms with E-state index < -0.39 is 0 Å². The van der Waals surface area contributed by atoms with Gasteiger partial charge in [0.05, 0.1) is 12.1 Å². The minimum Gasteiger partial charge on any atom is -0.313 e. The van der Waals surface area contributed by atoms with E-state index >= 15 is 0 Å². The van der Waals surface area contributed by atoms with Crippen LogP contribution in [0, 0.1) is 11.3 Å². The van der Waals surface area contributed by atoms with Crippen molar-refractivity contribution in [1.29, 1.82) is 5.26 Å². The molecule has 3 heteroatoms. The van der Waals surface area contributed by atoms with Crippen molar-refractivity contribution in [1.82, 2.24) is 10.2 Å². The quantitative estimate of drug-likeness (QED) is 0.776. The molecule has 1 rings (SSSR count). The molecule has 0 aliphatic carbocycles. The van der Waals surface area contributed by atoms with Gasteiger partial charge in [0.2, 0.25) is 0 Å². The predicted molar refractivity (Wildman–Crippen MR) is 67.2 cm³/mol. The molecule has 0 bridgehead atoms. The van der Waals surface area contributed by atoms with Gasteiger partial charge < -0.3 is 5.32 Å². The molecule has 0 radical (unpaired) electrons. The summed E-state index contributed by atoms with van der Waals surface area (Å²) < 4.78 is 0. The van der Waals surface area contributed by atoms with E-state index in [9.17, 15) is 0 Å². The smallest absolute Gasteiger partial charge is 0.0977 e. The average Bonchev–Trinajstić information content (AvgIpc) is 2.30. The fraction of sp³-hybridized carbons (Fsp3) is 0.923. The number of nitrogens with one attached hydrogen (secondary N) is 1. The third-order valence-electron chi connectivity index (χ3n) is 3.44. The molecule has 0 aromatic carbocycles. The first kappa shape index (κ1) is 13.5. The third-order valence-corrected chi connectivity index (χ3v) is 3.44. The Kier molecular flexibility index (Phi) is 5.79. The first-order valence-corrected chi connectivity index (χ1v) is 6.57. The molecule has 0 aromatic heterocycles. The van der Waals surface area contributed by atoms with Crippen molar-refractivity contribution in [3.05, 3.63) is 0 Å². The summed E-state index contributed by atoms with van der Waals surface area (Å²) in [6, 6.07) is 3.53. The Morgan fingerprint density at radius 2 is 2.19 bits per heavy atom. The maximum absolute atomic E-state index is 9.16. The number of nitriles is 1. The highest BCUT2D eigenvalue weighted by atomic mass is 15.2. The van der Waals surface area contributed by atoms with E-state index in [1.165, 1.54) is 19.3 Å². The molecule has 1 N–H and O–H groups in total. The fourth-order valence-corrected chi connectivity index (χ4v) is 2.43. The Labute approximate surface area is 99.8 Å². The van der Waals surface area contributed by atoms with Crippen molar-refractivity contribution in [3.63, 3.8) is 0 Å². The van der Waals surface area contributed by atoms with E-state index in [-0.39, 0.29) is 6.04 Å². The number of rotatable bonds is 5. The van der Waals surface area contributed by atoms with Gasteiger partial charge in [-0.2, -0.15) is 5.26 Å². The van der Waals surface area contributed by atoms with Crippen LogP contribution in [-0.4, -0.2) is 36.1 Å². The van der Waals surface area contributed by atoms with E-state index in [1.807, 2.05) is 0 Å². The summed E-state index contributed by atoms with van der Waals surface area (Å²) in [6.07, 6.45) is 4.80. The van der Waals surface area contributed by atoms with Crippen LogP contribution in [0.15, 0.2) is 0 Å². The number of nitrogens with zero attached hydrogens (tertiary/aromatic N) is 2. The van der Waals surface area contributed by atoms with Gasteiger partial charge in [-0.15, -0.1) is 0 Å². The van der Waals surface area contributed by atoms with E-state index in [1.54, 1.807) is 0 Å². The second-order valence-corrected chi connectivity index (χ2v) is 4.99. The van der Waals surface area contributed by atoms with Gasteiger partial charge in [-0.3, -0.25) is 4.90 Å². The first-order chi connectivity index (χ1) is 7.69. The van der Waals surface area contributed by atoms with Gasteiger partial charge in [0.15, 0.2) is 0 Å². The Morgan fingerprint density at radius 3 is 2.62 bits per heavy atom. The summed E-state index contributed by atoms with van der Waals surface area (Å²) in [5.74, 6) is 0. The van der Waals surface area contributed by atoms with Crippen LogP contribution in [0.5, 0.6) is 0 Å². The van der Waals surface area contributed by atoms with E-state index in [4.69, 9.17) is 5.26 Å². The summed E-state index contributed by atoms with van der Waals surface area (Å²) in [7, 11) is 0. The standard InChI is InChI=1S/C13H25N3/c1-4-13(9-14)16(11(2)3)10-12-7-5-6-8-15-12/h11-13,15H,4-8,10H2,1-3H3. The van der Waals surface area contributed by atoms with Crippen LogP contribution in [-0.2, 0) is 0 Å². The van der Waals surface area contributed by atoms with Crippen LogP contribution in [0.2, 0.25) is 0 Å². The molecule has 0 saturated carbocycles. The SMILES string of the molecule is CCC(C#N)N(CC1CCCCN1)C(C)C. The minimum atomic E-state index is 0.0729. The lowest BCUT2D eigenvalue weighted by Crippen LogP contribution is -2.49. The minimum absolute atomic E-state index is 0.0729. The van der Waals surface area contributed by atoms with E-state index in [0.717, 1.165) is 19.5 Å². The normalized spacial score (nSPS) is 23.4. The van der Waals surface area contributed by atoms with Gasteiger partial charge in [0.1, 0.15) is 0 Å². The number of piperidine rings is 1. The van der Waals surface area contributed by atoms with Crippen molar-refractivity contribution >= 4 is 0 Å². The maximum atomic E-state index is 9.16. The maximum Gasteiger partial charge on any atom is 0.0977 e. The van der Waals surface area contributed by atoms with Gasteiger partial charge >= 0.3 is 0 Å². The second kappa shape index (κ2) is 6.88. The molecule has 0 spiro atoms. The lowest BCUT2D eigenvalue weighted by molar-refractivity contribution is 0.153. The molecule has 3 nitrogen and oxygen atoms in total. The summed E-state index contributed by atoms with van der Waals surface area (Å²) in [5.41, 5.74) is 0. The van der Waals surface area contributed by atoms with Crippen LogP contribution in [0.3, 0.4) is 0 Å². The zero-order chi connectivity index (χ0) is 12.0. The zero-order valence-corrected chi connectivity index (χ0v) is 10.9. The Hall–Kier alpha value is -0.590. The fourth-order valence-electron chi connectivity index (χ4n) is 2.43. The molecule has 1 saturated heterocycles. The largest absolute Gasteiger partial charge is 0.313 e. The van der Waals surface area contributed by atoms with Crippen LogP contribution in [0.1, 0.15) is 46.5 Å². The summed E-state index contributed by atoms with van der Waals surface area (Å²) >= 11 is 0. The lowest BCUT2D eigenvalue weighted by atomic mass is 10.0. The Balaban J connectivity index is 2.53. The summed E-state index contributed by atoms with van der Waals surface area (Å²) in [5, 5.41) is 12.7. The van der Waals surface area contributed by atoms with E-state index in [2.05, 4.69) is 37.1 Å². The molecule has 0 amide bonds. The molecule has 2 atom stereocenters. The molecule has 0 aromatic rings. The molecule has 1 fully saturated rings. The highest BCUT2D eigenvalue weighted by molar-refractivity contribution is 4.93. The molecule has 1 heterocycles. The van der Waals surface area contributed by atoms with Gasteiger partial charge in [-0.25, -0.2) is 0 Å². The number of hydrogen-bond donors (Lipinski definition) is 1. The Bertz CT molecular complexity index is 226. The summed E-state index contributed by atoms with van der Waals surface area (Å²) in [6.45, 7) is 8.62. The monoisotopic (exact) mass is 223 g/mol. The van der Waals surface area contributed by atoms with Gasteiger partial charge in [-0.1, -0.05) is 13.3 Å². The predicted octanol–water partition coefficient (Wildman–Crippen LogP) is 2.14. The molecule has 2 unspecified atom stereocenters. The molecular formula is C13H25N3. The highest BCUT2D eigenvalue weighted by Gasteiger charge is 2.23. The summed E-state index contributed by atoms with van der Waals surface area (Å²) in [4.78, 5) is 2.34. The zero-order valence-electron chi connectivity index (χ0n) is 10.9. The van der Waals surface area contributed by atoms with Crippen molar-refractivity contribution < 1.29 is 0 Å². The lowest BCUT2D eigenvalue weighted by Gasteiger charge is -2.35. The third kappa shape index (κ3) is 3.77. The van der Waals surface area contributed by atoms with Crippen molar-refractivity contribution in [3.8, 4) is 6.07 Å². The van der Waals surface area contributed by atoms with Crippen LogP contribution >= 0.6 is 0 Å². The number of hydrogen-bond acceptors (Lipinski definition) is 3. The Morgan fingerprint density at radius 1 is 1.44 bits per heavy atom.